The van der Waals surface area contributed by atoms with E-state index in [0.717, 1.165) is 17.5 Å². The van der Waals surface area contributed by atoms with E-state index in [2.05, 4.69) is 46.4 Å². The summed E-state index contributed by atoms with van der Waals surface area (Å²) in [4.78, 5) is 0. The maximum Gasteiger partial charge on any atom is 0.0693 e. The smallest absolute Gasteiger partial charge is 0.0693 e. The zero-order valence-electron chi connectivity index (χ0n) is 8.43. The predicted molar refractivity (Wildman–Crippen MR) is 61.7 cm³/mol. The summed E-state index contributed by atoms with van der Waals surface area (Å²) in [5.74, 6) is 0. The molecule has 1 aromatic carbocycles. The SMILES string of the molecule is COCC1(C)Cc2cccc(Br)c2N1. The number of rotatable bonds is 2. The molecule has 0 spiro atoms. The number of hydrogen-bond acceptors (Lipinski definition) is 2. The van der Waals surface area contributed by atoms with Crippen molar-refractivity contribution in [2.24, 2.45) is 0 Å². The summed E-state index contributed by atoms with van der Waals surface area (Å²) >= 11 is 3.55. The molecule has 2 nitrogen and oxygen atoms in total. The minimum atomic E-state index is 0.0426. The van der Waals surface area contributed by atoms with Crippen LogP contribution in [0.25, 0.3) is 0 Å². The van der Waals surface area contributed by atoms with Crippen LogP contribution in [0.15, 0.2) is 22.7 Å². The van der Waals surface area contributed by atoms with Gasteiger partial charge in [0.1, 0.15) is 0 Å². The summed E-state index contributed by atoms with van der Waals surface area (Å²) in [7, 11) is 1.74. The molecule has 1 aliphatic rings. The largest absolute Gasteiger partial charge is 0.382 e. The molecular formula is C11H14BrNO. The maximum absolute atomic E-state index is 5.22. The highest BCUT2D eigenvalue weighted by Gasteiger charge is 2.32. The van der Waals surface area contributed by atoms with Crippen LogP contribution in [-0.4, -0.2) is 19.3 Å². The molecule has 0 fully saturated rings. The van der Waals surface area contributed by atoms with Crippen LogP contribution in [0.4, 0.5) is 5.69 Å². The van der Waals surface area contributed by atoms with Crippen molar-refractivity contribution >= 4 is 21.6 Å². The summed E-state index contributed by atoms with van der Waals surface area (Å²) in [6.07, 6.45) is 1.02. The van der Waals surface area contributed by atoms with Gasteiger partial charge in [0.15, 0.2) is 0 Å². The van der Waals surface area contributed by atoms with E-state index in [1.807, 2.05) is 0 Å². The van der Waals surface area contributed by atoms with Crippen LogP contribution in [0, 0.1) is 0 Å². The van der Waals surface area contributed by atoms with E-state index in [-0.39, 0.29) is 5.54 Å². The molecular weight excluding hydrogens is 242 g/mol. The van der Waals surface area contributed by atoms with Gasteiger partial charge < -0.3 is 10.1 Å². The number of ether oxygens (including phenoxy) is 1. The fourth-order valence-electron chi connectivity index (χ4n) is 2.03. The summed E-state index contributed by atoms with van der Waals surface area (Å²) < 4.78 is 6.36. The maximum atomic E-state index is 5.22. The molecule has 0 aliphatic carbocycles. The van der Waals surface area contributed by atoms with Gasteiger partial charge in [-0.05, 0) is 40.9 Å². The summed E-state index contributed by atoms with van der Waals surface area (Å²) in [6, 6.07) is 6.29. The van der Waals surface area contributed by atoms with Crippen LogP contribution < -0.4 is 5.32 Å². The first kappa shape index (κ1) is 9.99. The zero-order chi connectivity index (χ0) is 10.2. The van der Waals surface area contributed by atoms with E-state index in [1.54, 1.807) is 7.11 Å². The number of methoxy groups -OCH3 is 1. The topological polar surface area (TPSA) is 21.3 Å². The lowest BCUT2D eigenvalue weighted by Crippen LogP contribution is -2.37. The Labute approximate surface area is 92.8 Å². The number of hydrogen-bond donors (Lipinski definition) is 1. The third-order valence-corrected chi connectivity index (χ3v) is 3.23. The normalized spacial score (nSPS) is 24.5. The molecule has 3 heteroatoms. The fourth-order valence-corrected chi connectivity index (χ4v) is 2.53. The van der Waals surface area contributed by atoms with Crippen molar-refractivity contribution in [1.29, 1.82) is 0 Å². The average molecular weight is 256 g/mol. The standard InChI is InChI=1S/C11H14BrNO/c1-11(7-14-2)6-8-4-3-5-9(12)10(8)13-11/h3-5,13H,6-7H2,1-2H3. The van der Waals surface area contributed by atoms with Crippen LogP contribution in [0.3, 0.4) is 0 Å². The van der Waals surface area contributed by atoms with Crippen molar-refractivity contribution < 1.29 is 4.74 Å². The van der Waals surface area contributed by atoms with Gasteiger partial charge in [-0.25, -0.2) is 0 Å². The number of anilines is 1. The first-order valence-corrected chi connectivity index (χ1v) is 5.48. The first-order chi connectivity index (χ1) is 6.64. The highest BCUT2D eigenvalue weighted by atomic mass is 79.9. The van der Waals surface area contributed by atoms with E-state index in [0.29, 0.717) is 0 Å². The minimum absolute atomic E-state index is 0.0426. The second-order valence-corrected chi connectivity index (χ2v) is 4.92. The molecule has 0 saturated carbocycles. The number of nitrogens with one attached hydrogen (secondary N) is 1. The number of para-hydroxylation sites is 1. The summed E-state index contributed by atoms with van der Waals surface area (Å²) in [5, 5.41) is 3.51. The van der Waals surface area contributed by atoms with Crippen LogP contribution in [0.5, 0.6) is 0 Å². The lowest BCUT2D eigenvalue weighted by Gasteiger charge is -2.24. The van der Waals surface area contributed by atoms with Gasteiger partial charge in [0.05, 0.1) is 17.8 Å². The van der Waals surface area contributed by atoms with Gasteiger partial charge in [-0.15, -0.1) is 0 Å². The van der Waals surface area contributed by atoms with Crippen molar-refractivity contribution in [2.45, 2.75) is 18.9 Å². The molecule has 0 radical (unpaired) electrons. The van der Waals surface area contributed by atoms with E-state index < -0.39 is 0 Å². The van der Waals surface area contributed by atoms with Crippen molar-refractivity contribution in [3.8, 4) is 0 Å². The number of halogens is 1. The Hall–Kier alpha value is -0.540. The highest BCUT2D eigenvalue weighted by molar-refractivity contribution is 9.10. The molecule has 1 atom stereocenters. The molecule has 0 amide bonds. The molecule has 1 aliphatic heterocycles. The van der Waals surface area contributed by atoms with E-state index in [4.69, 9.17) is 4.74 Å². The Kier molecular flexibility index (Phi) is 2.54. The van der Waals surface area contributed by atoms with Gasteiger partial charge in [0.25, 0.3) is 0 Å². The second kappa shape index (κ2) is 3.55. The van der Waals surface area contributed by atoms with Gasteiger partial charge in [-0.1, -0.05) is 12.1 Å². The molecule has 1 heterocycles. The summed E-state index contributed by atoms with van der Waals surface area (Å²) in [6.45, 7) is 2.91. The predicted octanol–water partition coefficient (Wildman–Crippen LogP) is 2.82. The van der Waals surface area contributed by atoms with E-state index in [1.165, 1.54) is 11.3 Å². The van der Waals surface area contributed by atoms with Crippen molar-refractivity contribution in [3.05, 3.63) is 28.2 Å². The Bertz CT molecular complexity index is 353. The molecule has 1 unspecified atom stereocenters. The molecule has 1 N–H and O–H groups in total. The quantitative estimate of drug-likeness (QED) is 0.878. The van der Waals surface area contributed by atoms with Crippen LogP contribution in [0.2, 0.25) is 0 Å². The molecule has 0 bridgehead atoms. The van der Waals surface area contributed by atoms with Crippen LogP contribution >= 0.6 is 15.9 Å². The van der Waals surface area contributed by atoms with Gasteiger partial charge >= 0.3 is 0 Å². The molecule has 0 saturated heterocycles. The highest BCUT2D eigenvalue weighted by Crippen LogP contribution is 2.37. The molecule has 2 rings (SSSR count). The van der Waals surface area contributed by atoms with E-state index in [9.17, 15) is 0 Å². The number of fused-ring (bicyclic) bond motifs is 1. The van der Waals surface area contributed by atoms with Crippen molar-refractivity contribution in [2.75, 3.05) is 19.0 Å². The van der Waals surface area contributed by atoms with Gasteiger partial charge in [-0.2, -0.15) is 0 Å². The molecule has 1 aromatic rings. The molecule has 76 valence electrons. The Morgan fingerprint density at radius 3 is 3.00 bits per heavy atom. The minimum Gasteiger partial charge on any atom is -0.382 e. The number of benzene rings is 1. The van der Waals surface area contributed by atoms with Crippen LogP contribution in [0.1, 0.15) is 12.5 Å². The Morgan fingerprint density at radius 1 is 1.57 bits per heavy atom. The third-order valence-electron chi connectivity index (χ3n) is 2.57. The second-order valence-electron chi connectivity index (χ2n) is 4.07. The van der Waals surface area contributed by atoms with Gasteiger partial charge in [0.2, 0.25) is 0 Å². The van der Waals surface area contributed by atoms with E-state index >= 15 is 0 Å². The van der Waals surface area contributed by atoms with Crippen molar-refractivity contribution in [1.82, 2.24) is 0 Å². The van der Waals surface area contributed by atoms with Gasteiger partial charge in [0, 0.05) is 11.6 Å². The fraction of sp³-hybridized carbons (Fsp3) is 0.455. The monoisotopic (exact) mass is 255 g/mol. The Morgan fingerprint density at radius 2 is 2.36 bits per heavy atom. The molecule has 14 heavy (non-hydrogen) atoms. The first-order valence-electron chi connectivity index (χ1n) is 4.69. The molecule has 0 aromatic heterocycles. The van der Waals surface area contributed by atoms with Crippen LogP contribution in [-0.2, 0) is 11.2 Å². The lowest BCUT2D eigenvalue weighted by molar-refractivity contribution is 0.153. The Balaban J connectivity index is 2.29. The summed E-state index contributed by atoms with van der Waals surface area (Å²) in [5.41, 5.74) is 2.62. The zero-order valence-corrected chi connectivity index (χ0v) is 10.0. The van der Waals surface area contributed by atoms with Gasteiger partial charge in [-0.3, -0.25) is 0 Å². The van der Waals surface area contributed by atoms with Crippen molar-refractivity contribution in [3.63, 3.8) is 0 Å². The average Bonchev–Trinajstić information content (AvgIpc) is 2.44. The third kappa shape index (κ3) is 1.66. The lowest BCUT2D eigenvalue weighted by atomic mass is 9.99.